The first kappa shape index (κ1) is 14.0. The fourth-order valence-electron chi connectivity index (χ4n) is 2.80. The van der Waals surface area contributed by atoms with E-state index in [0.717, 1.165) is 42.7 Å². The number of carbonyl (C=O) groups excluding carboxylic acids is 1. The highest BCUT2D eigenvalue weighted by Crippen LogP contribution is 2.31. The summed E-state index contributed by atoms with van der Waals surface area (Å²) >= 11 is 0. The number of aromatic nitrogens is 3. The van der Waals surface area contributed by atoms with E-state index in [2.05, 4.69) is 26.0 Å². The van der Waals surface area contributed by atoms with Crippen molar-refractivity contribution in [2.75, 3.05) is 32.1 Å². The van der Waals surface area contributed by atoms with Crippen molar-refractivity contribution in [3.05, 3.63) is 18.2 Å². The van der Waals surface area contributed by atoms with Gasteiger partial charge in [-0.15, -0.1) is 0 Å². The SMILES string of the molecule is COCC1(C(=O)Nc2ccc3n[nH]nc3c2)CCNCC1. The van der Waals surface area contributed by atoms with Gasteiger partial charge in [0.2, 0.25) is 5.91 Å². The van der Waals surface area contributed by atoms with E-state index >= 15 is 0 Å². The molecule has 1 aliphatic heterocycles. The van der Waals surface area contributed by atoms with Gasteiger partial charge in [-0.25, -0.2) is 0 Å². The van der Waals surface area contributed by atoms with Crippen molar-refractivity contribution in [2.45, 2.75) is 12.8 Å². The van der Waals surface area contributed by atoms with Gasteiger partial charge in [-0.1, -0.05) is 0 Å². The van der Waals surface area contributed by atoms with Gasteiger partial charge in [0.15, 0.2) is 0 Å². The molecule has 2 heterocycles. The number of rotatable bonds is 4. The number of fused-ring (bicyclic) bond motifs is 1. The lowest BCUT2D eigenvalue weighted by Crippen LogP contribution is -2.47. The summed E-state index contributed by atoms with van der Waals surface area (Å²) in [5, 5.41) is 16.9. The average Bonchev–Trinajstić information content (AvgIpc) is 2.96. The average molecular weight is 289 g/mol. The Kier molecular flexibility index (Phi) is 3.85. The van der Waals surface area contributed by atoms with Crippen LogP contribution < -0.4 is 10.6 Å². The standard InChI is InChI=1S/C14H19N5O2/c1-21-9-14(4-6-15-7-5-14)13(20)16-10-2-3-11-12(8-10)18-19-17-11/h2-3,8,15H,4-7,9H2,1H3,(H,16,20)(H,17,18,19). The van der Waals surface area contributed by atoms with Crippen LogP contribution >= 0.6 is 0 Å². The predicted molar refractivity (Wildman–Crippen MR) is 78.9 cm³/mol. The summed E-state index contributed by atoms with van der Waals surface area (Å²) in [6.45, 7) is 2.10. The van der Waals surface area contributed by atoms with Gasteiger partial charge in [0, 0.05) is 12.8 Å². The molecule has 7 heteroatoms. The lowest BCUT2D eigenvalue weighted by Gasteiger charge is -2.35. The molecule has 1 aromatic carbocycles. The van der Waals surface area contributed by atoms with Crippen LogP contribution in [0.15, 0.2) is 18.2 Å². The number of hydrogen-bond acceptors (Lipinski definition) is 5. The zero-order valence-corrected chi connectivity index (χ0v) is 12.0. The van der Waals surface area contributed by atoms with Gasteiger partial charge in [-0.2, -0.15) is 15.4 Å². The predicted octanol–water partition coefficient (Wildman–Crippen LogP) is 0.913. The minimum absolute atomic E-state index is 0.00805. The fourth-order valence-corrected chi connectivity index (χ4v) is 2.80. The van der Waals surface area contributed by atoms with Crippen molar-refractivity contribution in [2.24, 2.45) is 5.41 Å². The summed E-state index contributed by atoms with van der Waals surface area (Å²) in [6.07, 6.45) is 1.55. The molecule has 1 aliphatic rings. The smallest absolute Gasteiger partial charge is 0.233 e. The first-order valence-electron chi connectivity index (χ1n) is 7.05. The molecule has 0 unspecified atom stereocenters. The highest BCUT2D eigenvalue weighted by molar-refractivity contribution is 5.97. The number of carbonyl (C=O) groups is 1. The molecule has 21 heavy (non-hydrogen) atoms. The molecule has 1 amide bonds. The number of methoxy groups -OCH3 is 1. The normalized spacial score (nSPS) is 17.8. The number of benzene rings is 1. The molecule has 0 spiro atoms. The molecule has 7 nitrogen and oxygen atoms in total. The number of H-pyrrole nitrogens is 1. The van der Waals surface area contributed by atoms with Crippen molar-refractivity contribution < 1.29 is 9.53 Å². The number of piperidine rings is 1. The second-order valence-electron chi connectivity index (χ2n) is 5.44. The van der Waals surface area contributed by atoms with Gasteiger partial charge in [-0.3, -0.25) is 4.79 Å². The Bertz CT molecular complexity index is 628. The number of aromatic amines is 1. The van der Waals surface area contributed by atoms with Gasteiger partial charge in [0.25, 0.3) is 0 Å². The molecule has 0 bridgehead atoms. The quantitative estimate of drug-likeness (QED) is 0.778. The van der Waals surface area contributed by atoms with Crippen LogP contribution in [0.4, 0.5) is 5.69 Å². The summed E-state index contributed by atoms with van der Waals surface area (Å²) in [5.74, 6) is 0.00805. The Hall–Kier alpha value is -1.99. The molecule has 1 fully saturated rings. The minimum Gasteiger partial charge on any atom is -0.384 e. The number of ether oxygens (including phenoxy) is 1. The molecule has 0 aliphatic carbocycles. The van der Waals surface area contributed by atoms with Crippen LogP contribution in [0.3, 0.4) is 0 Å². The number of hydrogen-bond donors (Lipinski definition) is 3. The third kappa shape index (κ3) is 2.74. The highest BCUT2D eigenvalue weighted by atomic mass is 16.5. The molecule has 1 saturated heterocycles. The van der Waals surface area contributed by atoms with E-state index in [-0.39, 0.29) is 5.91 Å². The van der Waals surface area contributed by atoms with Crippen LogP contribution in [-0.2, 0) is 9.53 Å². The largest absolute Gasteiger partial charge is 0.384 e. The lowest BCUT2D eigenvalue weighted by atomic mass is 9.78. The minimum atomic E-state index is -0.460. The highest BCUT2D eigenvalue weighted by Gasteiger charge is 2.39. The maximum absolute atomic E-state index is 12.7. The first-order valence-corrected chi connectivity index (χ1v) is 7.05. The van der Waals surface area contributed by atoms with E-state index in [4.69, 9.17) is 4.74 Å². The molecular formula is C14H19N5O2. The maximum atomic E-state index is 12.7. The Morgan fingerprint density at radius 3 is 2.86 bits per heavy atom. The third-order valence-electron chi connectivity index (χ3n) is 4.04. The van der Waals surface area contributed by atoms with Crippen molar-refractivity contribution >= 4 is 22.6 Å². The number of anilines is 1. The van der Waals surface area contributed by atoms with Crippen molar-refractivity contribution in [3.63, 3.8) is 0 Å². The van der Waals surface area contributed by atoms with Crippen LogP contribution in [-0.4, -0.2) is 48.1 Å². The summed E-state index contributed by atoms with van der Waals surface area (Å²) in [5.41, 5.74) is 1.79. The van der Waals surface area contributed by atoms with Crippen molar-refractivity contribution in [1.82, 2.24) is 20.7 Å². The third-order valence-corrected chi connectivity index (χ3v) is 4.04. The number of nitrogens with one attached hydrogen (secondary N) is 3. The van der Waals surface area contributed by atoms with Crippen LogP contribution in [0, 0.1) is 5.41 Å². The van der Waals surface area contributed by atoms with Crippen LogP contribution in [0.2, 0.25) is 0 Å². The Labute approximate surface area is 122 Å². The molecule has 112 valence electrons. The molecule has 0 saturated carbocycles. The van der Waals surface area contributed by atoms with E-state index in [1.165, 1.54) is 0 Å². The van der Waals surface area contributed by atoms with E-state index in [1.807, 2.05) is 18.2 Å². The molecule has 1 aromatic heterocycles. The van der Waals surface area contributed by atoms with Gasteiger partial charge >= 0.3 is 0 Å². The summed E-state index contributed by atoms with van der Waals surface area (Å²) in [4.78, 5) is 12.7. The van der Waals surface area contributed by atoms with Gasteiger partial charge in [0.05, 0.1) is 12.0 Å². The molecule has 3 N–H and O–H groups in total. The number of nitrogens with zero attached hydrogens (tertiary/aromatic N) is 2. The van der Waals surface area contributed by atoms with Crippen molar-refractivity contribution in [3.8, 4) is 0 Å². The van der Waals surface area contributed by atoms with E-state index in [0.29, 0.717) is 6.61 Å². The monoisotopic (exact) mass is 289 g/mol. The maximum Gasteiger partial charge on any atom is 0.233 e. The van der Waals surface area contributed by atoms with Gasteiger partial charge in [-0.05, 0) is 44.1 Å². The molecule has 0 radical (unpaired) electrons. The molecule has 3 rings (SSSR count). The molecule has 2 aromatic rings. The van der Waals surface area contributed by atoms with Gasteiger partial charge in [0.1, 0.15) is 11.0 Å². The van der Waals surface area contributed by atoms with E-state index < -0.39 is 5.41 Å². The van der Waals surface area contributed by atoms with E-state index in [9.17, 15) is 4.79 Å². The second-order valence-corrected chi connectivity index (χ2v) is 5.44. The molecule has 0 atom stereocenters. The Balaban J connectivity index is 1.79. The van der Waals surface area contributed by atoms with Gasteiger partial charge < -0.3 is 15.4 Å². The van der Waals surface area contributed by atoms with Crippen molar-refractivity contribution in [1.29, 1.82) is 0 Å². The second kappa shape index (κ2) is 5.79. The summed E-state index contributed by atoms with van der Waals surface area (Å²) < 4.78 is 5.29. The Morgan fingerprint density at radius 1 is 1.33 bits per heavy atom. The fraction of sp³-hybridized carbons (Fsp3) is 0.500. The summed E-state index contributed by atoms with van der Waals surface area (Å²) in [7, 11) is 1.64. The topological polar surface area (TPSA) is 91.9 Å². The van der Waals surface area contributed by atoms with Crippen LogP contribution in [0.1, 0.15) is 12.8 Å². The molecular weight excluding hydrogens is 270 g/mol. The van der Waals surface area contributed by atoms with Crippen LogP contribution in [0.5, 0.6) is 0 Å². The van der Waals surface area contributed by atoms with Crippen LogP contribution in [0.25, 0.3) is 11.0 Å². The zero-order valence-electron chi connectivity index (χ0n) is 12.0. The lowest BCUT2D eigenvalue weighted by molar-refractivity contribution is -0.130. The summed E-state index contributed by atoms with van der Waals surface area (Å²) in [6, 6.07) is 5.49. The van der Waals surface area contributed by atoms with E-state index in [1.54, 1.807) is 7.11 Å². The Morgan fingerprint density at radius 2 is 2.10 bits per heavy atom. The number of amides is 1. The first-order chi connectivity index (χ1) is 10.2. The zero-order chi connectivity index (χ0) is 14.7.